The molecule has 0 amide bonds. The van der Waals surface area contributed by atoms with Crippen LogP contribution in [0.5, 0.6) is 0 Å². The van der Waals surface area contributed by atoms with Gasteiger partial charge in [0.1, 0.15) is 0 Å². The van der Waals surface area contributed by atoms with Crippen LogP contribution in [0.15, 0.2) is 0 Å². The SMILES string of the molecule is CCCNC(Cc1c(Cl)c(CC)nn1CC)C(C)C. The summed E-state index contributed by atoms with van der Waals surface area (Å²) in [4.78, 5) is 0. The van der Waals surface area contributed by atoms with Gasteiger partial charge in [-0.3, -0.25) is 4.68 Å². The van der Waals surface area contributed by atoms with Gasteiger partial charge in [-0.1, -0.05) is 39.3 Å². The topological polar surface area (TPSA) is 29.9 Å². The Hall–Kier alpha value is -0.540. The fourth-order valence-electron chi connectivity index (χ4n) is 2.29. The molecule has 1 N–H and O–H groups in total. The molecular formula is C15H28ClN3. The highest BCUT2D eigenvalue weighted by atomic mass is 35.5. The third kappa shape index (κ3) is 4.22. The Kier molecular flexibility index (Phi) is 6.87. The molecule has 0 saturated heterocycles. The van der Waals surface area contributed by atoms with Crippen molar-refractivity contribution < 1.29 is 0 Å². The molecule has 0 saturated carbocycles. The van der Waals surface area contributed by atoms with E-state index in [1.807, 2.05) is 0 Å². The van der Waals surface area contributed by atoms with Crippen LogP contribution < -0.4 is 5.32 Å². The summed E-state index contributed by atoms with van der Waals surface area (Å²) in [5.74, 6) is 0.591. The van der Waals surface area contributed by atoms with E-state index in [2.05, 4.69) is 49.7 Å². The Morgan fingerprint density at radius 1 is 1.26 bits per heavy atom. The summed E-state index contributed by atoms with van der Waals surface area (Å²) in [6, 6.07) is 0.462. The van der Waals surface area contributed by atoms with Crippen molar-refractivity contribution in [1.29, 1.82) is 0 Å². The van der Waals surface area contributed by atoms with Gasteiger partial charge in [0, 0.05) is 19.0 Å². The Morgan fingerprint density at radius 3 is 2.42 bits per heavy atom. The number of aryl methyl sites for hydroxylation is 2. The van der Waals surface area contributed by atoms with Crippen LogP contribution in [0, 0.1) is 5.92 Å². The molecule has 0 aliphatic rings. The molecule has 4 heteroatoms. The standard InChI is InChI=1S/C15H28ClN3/c1-6-9-17-13(11(4)5)10-14-15(16)12(7-2)18-19(14)8-3/h11,13,17H,6-10H2,1-5H3. The maximum atomic E-state index is 6.48. The number of rotatable bonds is 8. The molecule has 0 aliphatic carbocycles. The van der Waals surface area contributed by atoms with Crippen molar-refractivity contribution in [3.05, 3.63) is 16.4 Å². The first kappa shape index (κ1) is 16.5. The number of nitrogens with one attached hydrogen (secondary N) is 1. The highest BCUT2D eigenvalue weighted by Gasteiger charge is 2.20. The summed E-state index contributed by atoms with van der Waals surface area (Å²) >= 11 is 6.48. The normalized spacial score (nSPS) is 13.2. The van der Waals surface area contributed by atoms with E-state index in [0.29, 0.717) is 12.0 Å². The lowest BCUT2D eigenvalue weighted by molar-refractivity contribution is 0.387. The predicted octanol–water partition coefficient (Wildman–Crippen LogP) is 3.69. The van der Waals surface area contributed by atoms with Crippen molar-refractivity contribution in [2.75, 3.05) is 6.54 Å². The molecule has 0 fully saturated rings. The summed E-state index contributed by atoms with van der Waals surface area (Å²) in [5.41, 5.74) is 2.21. The van der Waals surface area contributed by atoms with E-state index in [0.717, 1.165) is 43.1 Å². The molecular weight excluding hydrogens is 258 g/mol. The highest BCUT2D eigenvalue weighted by Crippen LogP contribution is 2.24. The van der Waals surface area contributed by atoms with Gasteiger partial charge in [0.2, 0.25) is 0 Å². The van der Waals surface area contributed by atoms with Gasteiger partial charge in [0.15, 0.2) is 0 Å². The minimum Gasteiger partial charge on any atom is -0.313 e. The lowest BCUT2D eigenvalue weighted by Gasteiger charge is -2.22. The number of aromatic nitrogens is 2. The number of hydrogen-bond donors (Lipinski definition) is 1. The third-order valence-electron chi connectivity index (χ3n) is 3.57. The van der Waals surface area contributed by atoms with Gasteiger partial charge in [-0.05, 0) is 32.2 Å². The minimum atomic E-state index is 0.462. The quantitative estimate of drug-likeness (QED) is 0.789. The highest BCUT2D eigenvalue weighted by molar-refractivity contribution is 6.31. The Balaban J connectivity index is 2.91. The second kappa shape index (κ2) is 7.91. The first-order valence-electron chi connectivity index (χ1n) is 7.52. The van der Waals surface area contributed by atoms with E-state index in [-0.39, 0.29) is 0 Å². The van der Waals surface area contributed by atoms with Crippen LogP contribution in [0.25, 0.3) is 0 Å². The first-order valence-corrected chi connectivity index (χ1v) is 7.90. The van der Waals surface area contributed by atoms with Crippen molar-refractivity contribution >= 4 is 11.6 Å². The molecule has 19 heavy (non-hydrogen) atoms. The smallest absolute Gasteiger partial charge is 0.0850 e. The van der Waals surface area contributed by atoms with Crippen molar-refractivity contribution in [1.82, 2.24) is 15.1 Å². The van der Waals surface area contributed by atoms with Gasteiger partial charge in [-0.15, -0.1) is 0 Å². The molecule has 1 rings (SSSR count). The Labute approximate surface area is 122 Å². The predicted molar refractivity (Wildman–Crippen MR) is 82.9 cm³/mol. The second-order valence-electron chi connectivity index (χ2n) is 5.39. The van der Waals surface area contributed by atoms with E-state index in [1.165, 1.54) is 5.69 Å². The molecule has 0 spiro atoms. The first-order chi connectivity index (χ1) is 9.04. The van der Waals surface area contributed by atoms with Crippen LogP contribution in [-0.2, 0) is 19.4 Å². The second-order valence-corrected chi connectivity index (χ2v) is 5.76. The summed E-state index contributed by atoms with van der Waals surface area (Å²) < 4.78 is 2.06. The minimum absolute atomic E-state index is 0.462. The fourth-order valence-corrected chi connectivity index (χ4v) is 2.64. The lowest BCUT2D eigenvalue weighted by Crippen LogP contribution is -2.37. The van der Waals surface area contributed by atoms with E-state index < -0.39 is 0 Å². The van der Waals surface area contributed by atoms with E-state index >= 15 is 0 Å². The Bertz CT molecular complexity index is 385. The van der Waals surface area contributed by atoms with Crippen molar-refractivity contribution in [3.8, 4) is 0 Å². The van der Waals surface area contributed by atoms with Crippen LogP contribution in [-0.4, -0.2) is 22.4 Å². The van der Waals surface area contributed by atoms with E-state index in [9.17, 15) is 0 Å². The van der Waals surface area contributed by atoms with Gasteiger partial charge in [-0.2, -0.15) is 5.10 Å². The molecule has 0 bridgehead atoms. The zero-order valence-corrected chi connectivity index (χ0v) is 13.7. The number of halogens is 1. The summed E-state index contributed by atoms with van der Waals surface area (Å²) in [7, 11) is 0. The monoisotopic (exact) mass is 285 g/mol. The molecule has 0 aliphatic heterocycles. The van der Waals surface area contributed by atoms with Crippen molar-refractivity contribution in [2.45, 2.75) is 66.5 Å². The zero-order chi connectivity index (χ0) is 14.4. The maximum absolute atomic E-state index is 6.48. The Morgan fingerprint density at radius 2 is 1.95 bits per heavy atom. The van der Waals surface area contributed by atoms with Crippen LogP contribution in [0.4, 0.5) is 0 Å². The average Bonchev–Trinajstić information content (AvgIpc) is 2.70. The van der Waals surface area contributed by atoms with Crippen LogP contribution >= 0.6 is 11.6 Å². The lowest BCUT2D eigenvalue weighted by atomic mass is 9.98. The fraction of sp³-hybridized carbons (Fsp3) is 0.800. The van der Waals surface area contributed by atoms with Crippen LogP contribution in [0.2, 0.25) is 5.02 Å². The maximum Gasteiger partial charge on any atom is 0.0850 e. The molecule has 3 nitrogen and oxygen atoms in total. The molecule has 1 aromatic heterocycles. The van der Waals surface area contributed by atoms with Gasteiger partial charge >= 0.3 is 0 Å². The summed E-state index contributed by atoms with van der Waals surface area (Å²) in [5, 5.41) is 9.09. The largest absolute Gasteiger partial charge is 0.313 e. The molecule has 1 aromatic rings. The van der Waals surface area contributed by atoms with Gasteiger partial charge in [0.25, 0.3) is 0 Å². The van der Waals surface area contributed by atoms with E-state index in [1.54, 1.807) is 0 Å². The van der Waals surface area contributed by atoms with Crippen molar-refractivity contribution in [3.63, 3.8) is 0 Å². The summed E-state index contributed by atoms with van der Waals surface area (Å²) in [6.07, 6.45) is 3.01. The average molecular weight is 286 g/mol. The van der Waals surface area contributed by atoms with Crippen LogP contribution in [0.1, 0.15) is 52.4 Å². The van der Waals surface area contributed by atoms with E-state index in [4.69, 9.17) is 11.6 Å². The third-order valence-corrected chi connectivity index (χ3v) is 4.00. The van der Waals surface area contributed by atoms with Gasteiger partial charge < -0.3 is 5.32 Å². The molecule has 1 heterocycles. The molecule has 110 valence electrons. The molecule has 1 atom stereocenters. The van der Waals surface area contributed by atoms with Crippen molar-refractivity contribution in [2.24, 2.45) is 5.92 Å². The molecule has 1 unspecified atom stereocenters. The zero-order valence-electron chi connectivity index (χ0n) is 13.0. The van der Waals surface area contributed by atoms with Crippen LogP contribution in [0.3, 0.4) is 0 Å². The van der Waals surface area contributed by atoms with Gasteiger partial charge in [0.05, 0.1) is 16.4 Å². The summed E-state index contributed by atoms with van der Waals surface area (Å²) in [6.45, 7) is 12.9. The number of nitrogens with zero attached hydrogens (tertiary/aromatic N) is 2. The number of hydrogen-bond acceptors (Lipinski definition) is 2. The molecule has 0 aromatic carbocycles. The van der Waals surface area contributed by atoms with Gasteiger partial charge in [-0.25, -0.2) is 0 Å². The molecule has 0 radical (unpaired) electrons.